The standard InChI is InChI=1S/CH2O3.2Ca.Na.H3O4P.5H/c2-1(3)4;;;;1-5(2,3)4;;;;;/h(H2,2,3,4);;;;(H3,1,2,3,4);;;;;/q;2*+2;+1;;5*-1. The van der Waals surface area contributed by atoms with Gasteiger partial charge in [-0.05, 0) is 0 Å². The van der Waals surface area contributed by atoms with Crippen LogP contribution in [0.3, 0.4) is 0 Å². The molecular weight excluding hydrogens is 258 g/mol. The van der Waals surface area contributed by atoms with Crippen molar-refractivity contribution in [2.24, 2.45) is 0 Å². The van der Waals surface area contributed by atoms with Gasteiger partial charge in [0.25, 0.3) is 0 Å². The fourth-order valence-corrected chi connectivity index (χ4v) is 0. The third kappa shape index (κ3) is 217. The number of hydrogen-bond donors (Lipinski definition) is 5. The summed E-state index contributed by atoms with van der Waals surface area (Å²) in [5.41, 5.74) is 0. The van der Waals surface area contributed by atoms with E-state index in [9.17, 15) is 0 Å². The Balaban J connectivity index is -0.00000000494. The Morgan fingerprint density at radius 1 is 1.08 bits per heavy atom. The van der Waals surface area contributed by atoms with Gasteiger partial charge in [-0.3, -0.25) is 0 Å². The average molecular weight is 268 g/mol. The summed E-state index contributed by atoms with van der Waals surface area (Å²) in [5, 5.41) is 13.9. The second-order valence-corrected chi connectivity index (χ2v) is 1.82. The van der Waals surface area contributed by atoms with E-state index >= 15 is 0 Å². The maximum atomic E-state index is 8.88. The van der Waals surface area contributed by atoms with E-state index in [2.05, 4.69) is 0 Å². The first-order valence-electron chi connectivity index (χ1n) is 1.43. The van der Waals surface area contributed by atoms with Crippen molar-refractivity contribution in [1.82, 2.24) is 0 Å². The Labute approximate surface area is 157 Å². The minimum Gasteiger partial charge on any atom is -1.00 e. The van der Waals surface area contributed by atoms with Crippen LogP contribution in [-0.2, 0) is 4.57 Å². The second kappa shape index (κ2) is 16.3. The quantitative estimate of drug-likeness (QED) is 0.224. The molecule has 0 aromatic carbocycles. The molecule has 0 bridgehead atoms. The van der Waals surface area contributed by atoms with E-state index < -0.39 is 14.0 Å². The summed E-state index contributed by atoms with van der Waals surface area (Å²) in [7, 11) is -4.64. The van der Waals surface area contributed by atoms with E-state index in [0.29, 0.717) is 0 Å². The third-order valence-corrected chi connectivity index (χ3v) is 0. The molecule has 0 fully saturated rings. The van der Waals surface area contributed by atoms with Crippen molar-refractivity contribution in [2.75, 3.05) is 0 Å². The normalized spacial score (nSPS) is 6.92. The summed E-state index contributed by atoms with van der Waals surface area (Å²) in [4.78, 5) is 30.1. The zero-order valence-electron chi connectivity index (χ0n) is 11.4. The van der Waals surface area contributed by atoms with E-state index in [1.807, 2.05) is 0 Å². The third-order valence-electron chi connectivity index (χ3n) is 0. The van der Waals surface area contributed by atoms with Gasteiger partial charge >= 0.3 is 119 Å². The molecule has 0 aromatic heterocycles. The van der Waals surface area contributed by atoms with E-state index in [-0.39, 0.29) is 112 Å². The average Bonchev–Trinajstić information content (AvgIpc) is 1.19. The Morgan fingerprint density at radius 2 is 1.08 bits per heavy atom. The van der Waals surface area contributed by atoms with E-state index in [1.165, 1.54) is 0 Å². The molecule has 0 aliphatic carbocycles. The van der Waals surface area contributed by atoms with Crippen LogP contribution in [0.2, 0.25) is 0 Å². The first-order chi connectivity index (χ1) is 3.73. The summed E-state index contributed by atoms with van der Waals surface area (Å²) in [6.45, 7) is 0. The fraction of sp³-hybridized carbons (Fsp3) is 0. The number of hydrogen-bond acceptors (Lipinski definition) is 2. The first-order valence-corrected chi connectivity index (χ1v) is 3.00. The summed E-state index contributed by atoms with van der Waals surface area (Å²) < 4.78 is 8.88. The molecule has 11 heteroatoms. The molecule has 0 aromatic rings. The molecule has 5 N–H and O–H groups in total. The minimum atomic E-state index is -4.64. The number of carbonyl (C=O) groups is 1. The number of carboxylic acid groups (broad SMARTS) is 2. The number of rotatable bonds is 0. The Bertz CT molecular complexity index is 136. The predicted molar refractivity (Wildman–Crippen MR) is 42.0 cm³/mol. The Kier molecular flexibility index (Phi) is 40.0. The number of phosphoric acid groups is 1. The van der Waals surface area contributed by atoms with Crippen molar-refractivity contribution < 1.29 is 70.9 Å². The Morgan fingerprint density at radius 3 is 1.08 bits per heavy atom. The zero-order chi connectivity index (χ0) is 8.08. The van der Waals surface area contributed by atoms with Crippen molar-refractivity contribution in [3.05, 3.63) is 0 Å². The van der Waals surface area contributed by atoms with Gasteiger partial charge in [-0.2, -0.15) is 0 Å². The molecule has 12 heavy (non-hydrogen) atoms. The summed E-state index contributed by atoms with van der Waals surface area (Å²) in [6.07, 6.45) is -1.83. The van der Waals surface area contributed by atoms with E-state index in [1.54, 1.807) is 0 Å². The van der Waals surface area contributed by atoms with Gasteiger partial charge in [-0.15, -0.1) is 0 Å². The van der Waals surface area contributed by atoms with Gasteiger partial charge in [0.2, 0.25) is 0 Å². The van der Waals surface area contributed by atoms with Crippen LogP contribution in [0.15, 0.2) is 0 Å². The molecule has 0 aliphatic heterocycles. The molecule has 0 amide bonds. The van der Waals surface area contributed by atoms with Gasteiger partial charge in [0.05, 0.1) is 0 Å². The molecule has 0 spiro atoms. The van der Waals surface area contributed by atoms with Crippen molar-refractivity contribution in [2.45, 2.75) is 0 Å². The molecule has 0 radical (unpaired) electrons. The molecule has 0 saturated carbocycles. The van der Waals surface area contributed by atoms with Gasteiger partial charge in [0.15, 0.2) is 0 Å². The first kappa shape index (κ1) is 29.4. The molecule has 66 valence electrons. The SMILES string of the molecule is O=C(O)O.O=P(O)(O)O.[Ca+2].[Ca+2].[H-].[H-].[H-].[H-].[H-].[Na+]. The summed E-state index contributed by atoms with van der Waals surface area (Å²) in [5.74, 6) is 0. The van der Waals surface area contributed by atoms with Gasteiger partial charge < -0.3 is 32.0 Å². The van der Waals surface area contributed by atoms with Crippen LogP contribution >= 0.6 is 7.82 Å². The Hall–Kier alpha value is 2.90. The maximum Gasteiger partial charge on any atom is 2.00 e. The van der Waals surface area contributed by atoms with Crippen LogP contribution < -0.4 is 29.6 Å². The smallest absolute Gasteiger partial charge is 1.00 e. The largest absolute Gasteiger partial charge is 2.00 e. The molecule has 0 heterocycles. The molecule has 7 nitrogen and oxygen atoms in total. The maximum absolute atomic E-state index is 8.88. The fourth-order valence-electron chi connectivity index (χ4n) is 0. The molecule has 0 atom stereocenters. The van der Waals surface area contributed by atoms with Crippen molar-refractivity contribution in [3.63, 3.8) is 0 Å². The van der Waals surface area contributed by atoms with Crippen LogP contribution in [0.25, 0.3) is 0 Å². The van der Waals surface area contributed by atoms with Crippen LogP contribution in [0.1, 0.15) is 7.13 Å². The predicted octanol–water partition coefficient (Wildman–Crippen LogP) is -3.90. The van der Waals surface area contributed by atoms with Crippen LogP contribution in [-0.4, -0.2) is 107 Å². The van der Waals surface area contributed by atoms with Gasteiger partial charge in [-0.1, -0.05) is 0 Å². The molecule has 0 aliphatic rings. The summed E-state index contributed by atoms with van der Waals surface area (Å²) in [6, 6.07) is 0. The van der Waals surface area contributed by atoms with Crippen molar-refractivity contribution in [3.8, 4) is 0 Å². The summed E-state index contributed by atoms with van der Waals surface area (Å²) >= 11 is 0. The van der Waals surface area contributed by atoms with Crippen molar-refractivity contribution >= 4 is 89.5 Å². The molecular formula is CH10Ca2NaO7P. The van der Waals surface area contributed by atoms with Gasteiger partial charge in [0, 0.05) is 0 Å². The van der Waals surface area contributed by atoms with Gasteiger partial charge in [0.1, 0.15) is 0 Å². The van der Waals surface area contributed by atoms with E-state index in [4.69, 9.17) is 34.3 Å². The van der Waals surface area contributed by atoms with Crippen molar-refractivity contribution in [1.29, 1.82) is 0 Å². The monoisotopic (exact) mass is 268 g/mol. The molecule has 0 saturated heterocycles. The topological polar surface area (TPSA) is 135 Å². The van der Waals surface area contributed by atoms with Crippen LogP contribution in [0, 0.1) is 0 Å². The minimum absolute atomic E-state index is 0. The zero-order valence-corrected chi connectivity index (χ0v) is 13.7. The van der Waals surface area contributed by atoms with Crippen LogP contribution in [0.4, 0.5) is 4.79 Å². The second-order valence-electron chi connectivity index (χ2n) is 0.796. The van der Waals surface area contributed by atoms with Gasteiger partial charge in [-0.25, -0.2) is 9.36 Å². The molecule has 0 rings (SSSR count). The molecule has 0 unspecified atom stereocenters. The van der Waals surface area contributed by atoms with Crippen LogP contribution in [0.5, 0.6) is 0 Å². The van der Waals surface area contributed by atoms with E-state index in [0.717, 1.165) is 0 Å².